The van der Waals surface area contributed by atoms with Crippen molar-refractivity contribution in [1.82, 2.24) is 9.80 Å². The molecule has 0 bridgehead atoms. The first kappa shape index (κ1) is 17.1. The van der Waals surface area contributed by atoms with Crippen molar-refractivity contribution in [3.05, 3.63) is 54.0 Å². The first-order valence-electron chi connectivity index (χ1n) is 8.53. The molecule has 6 nitrogen and oxygen atoms in total. The Balaban J connectivity index is 1.67. The van der Waals surface area contributed by atoms with Gasteiger partial charge in [0, 0.05) is 31.4 Å². The van der Waals surface area contributed by atoms with E-state index >= 15 is 0 Å². The molecule has 1 saturated heterocycles. The highest BCUT2D eigenvalue weighted by Crippen LogP contribution is 2.21. The van der Waals surface area contributed by atoms with Crippen LogP contribution in [0, 0.1) is 0 Å². The van der Waals surface area contributed by atoms with Crippen molar-refractivity contribution in [3.8, 4) is 0 Å². The van der Waals surface area contributed by atoms with Crippen molar-refractivity contribution in [2.75, 3.05) is 25.5 Å². The topological polar surface area (TPSA) is 65.8 Å². The minimum Gasteiger partial charge on any atom is -0.467 e. The van der Waals surface area contributed by atoms with Gasteiger partial charge in [0.15, 0.2) is 0 Å². The summed E-state index contributed by atoms with van der Waals surface area (Å²) in [5.41, 5.74) is 1.20. The van der Waals surface area contributed by atoms with Crippen molar-refractivity contribution in [1.29, 1.82) is 0 Å². The smallest absolute Gasteiger partial charge is 0.322 e. The van der Waals surface area contributed by atoms with Gasteiger partial charge in [-0.3, -0.25) is 4.79 Å². The Morgan fingerprint density at radius 2 is 1.96 bits per heavy atom. The van der Waals surface area contributed by atoms with E-state index in [2.05, 4.69) is 5.32 Å². The van der Waals surface area contributed by atoms with E-state index in [0.29, 0.717) is 11.3 Å². The zero-order chi connectivity index (χ0) is 17.8. The van der Waals surface area contributed by atoms with Crippen LogP contribution in [0.2, 0.25) is 0 Å². The summed E-state index contributed by atoms with van der Waals surface area (Å²) in [6.45, 7) is 3.50. The summed E-state index contributed by atoms with van der Waals surface area (Å²) < 4.78 is 5.35. The molecule has 6 heteroatoms. The van der Waals surface area contributed by atoms with Crippen molar-refractivity contribution in [2.24, 2.45) is 0 Å². The maximum Gasteiger partial charge on any atom is 0.322 e. The van der Waals surface area contributed by atoms with E-state index in [9.17, 15) is 9.59 Å². The molecular formula is C19H23N3O3. The molecule has 25 heavy (non-hydrogen) atoms. The van der Waals surface area contributed by atoms with Gasteiger partial charge in [-0.1, -0.05) is 6.07 Å². The molecule has 1 aromatic heterocycles. The molecule has 0 radical (unpaired) electrons. The maximum atomic E-state index is 12.5. The zero-order valence-electron chi connectivity index (χ0n) is 14.6. The number of amides is 3. The Labute approximate surface area is 147 Å². The first-order valence-corrected chi connectivity index (χ1v) is 8.53. The van der Waals surface area contributed by atoms with Crippen LogP contribution >= 0.6 is 0 Å². The van der Waals surface area contributed by atoms with Crippen LogP contribution < -0.4 is 5.32 Å². The molecule has 0 aliphatic carbocycles. The van der Waals surface area contributed by atoms with Crippen LogP contribution in [0.3, 0.4) is 0 Å². The molecule has 1 atom stereocenters. The molecule has 1 unspecified atom stereocenters. The maximum absolute atomic E-state index is 12.5. The van der Waals surface area contributed by atoms with Gasteiger partial charge in [-0.15, -0.1) is 0 Å². The van der Waals surface area contributed by atoms with E-state index in [4.69, 9.17) is 4.42 Å². The van der Waals surface area contributed by atoms with E-state index in [0.717, 1.165) is 31.7 Å². The quantitative estimate of drug-likeness (QED) is 0.921. The predicted molar refractivity (Wildman–Crippen MR) is 95.5 cm³/mol. The Hall–Kier alpha value is -2.76. The van der Waals surface area contributed by atoms with Gasteiger partial charge in [0.1, 0.15) is 5.76 Å². The summed E-state index contributed by atoms with van der Waals surface area (Å²) in [6, 6.07) is 10.3. The highest BCUT2D eigenvalue weighted by molar-refractivity contribution is 5.97. The summed E-state index contributed by atoms with van der Waals surface area (Å²) in [4.78, 5) is 28.4. The molecule has 1 aromatic carbocycles. The van der Waals surface area contributed by atoms with Gasteiger partial charge in [-0.2, -0.15) is 0 Å². The predicted octanol–water partition coefficient (Wildman–Crippen LogP) is 3.74. The average molecular weight is 341 g/mol. The van der Waals surface area contributed by atoms with Gasteiger partial charge in [0.05, 0.1) is 12.3 Å². The lowest BCUT2D eigenvalue weighted by Crippen LogP contribution is -2.33. The molecule has 3 rings (SSSR count). The SMILES string of the molecule is CC(c1ccco1)N(C)C(=O)Nc1cccc(C(=O)N2CCCC2)c1. The van der Waals surface area contributed by atoms with Crippen LogP contribution in [-0.4, -0.2) is 41.9 Å². The van der Waals surface area contributed by atoms with Crippen LogP contribution in [0.5, 0.6) is 0 Å². The van der Waals surface area contributed by atoms with Gasteiger partial charge in [-0.25, -0.2) is 4.79 Å². The normalized spacial score (nSPS) is 15.0. The molecule has 132 valence electrons. The van der Waals surface area contributed by atoms with E-state index in [1.165, 1.54) is 0 Å². The zero-order valence-corrected chi connectivity index (χ0v) is 14.6. The lowest BCUT2D eigenvalue weighted by atomic mass is 10.1. The third kappa shape index (κ3) is 3.84. The van der Waals surface area contributed by atoms with E-state index < -0.39 is 0 Å². The van der Waals surface area contributed by atoms with Crippen molar-refractivity contribution in [2.45, 2.75) is 25.8 Å². The molecule has 1 aliphatic heterocycles. The number of hydrogen-bond acceptors (Lipinski definition) is 3. The van der Waals surface area contributed by atoms with Crippen LogP contribution in [0.25, 0.3) is 0 Å². The van der Waals surface area contributed by atoms with E-state index in [1.807, 2.05) is 17.9 Å². The number of anilines is 1. The van der Waals surface area contributed by atoms with E-state index in [-0.39, 0.29) is 18.0 Å². The number of nitrogens with zero attached hydrogens (tertiary/aromatic N) is 2. The number of hydrogen-bond donors (Lipinski definition) is 1. The summed E-state index contributed by atoms with van der Waals surface area (Å²) >= 11 is 0. The van der Waals surface area contributed by atoms with Crippen LogP contribution in [-0.2, 0) is 0 Å². The largest absolute Gasteiger partial charge is 0.467 e. The third-order valence-electron chi connectivity index (χ3n) is 4.61. The molecule has 3 amide bonds. The molecule has 0 saturated carbocycles. The fourth-order valence-electron chi connectivity index (χ4n) is 2.94. The van der Waals surface area contributed by atoms with Crippen molar-refractivity contribution < 1.29 is 14.0 Å². The summed E-state index contributed by atoms with van der Waals surface area (Å²) in [5, 5.41) is 2.84. The molecule has 2 heterocycles. The number of carbonyl (C=O) groups is 2. The Morgan fingerprint density at radius 3 is 2.64 bits per heavy atom. The monoisotopic (exact) mass is 341 g/mol. The van der Waals surface area contributed by atoms with Crippen molar-refractivity contribution in [3.63, 3.8) is 0 Å². The number of benzene rings is 1. The summed E-state index contributed by atoms with van der Waals surface area (Å²) in [7, 11) is 1.71. The molecule has 1 N–H and O–H groups in total. The second kappa shape index (κ2) is 7.42. The van der Waals surface area contributed by atoms with Gasteiger partial charge in [0.2, 0.25) is 0 Å². The molecular weight excluding hydrogens is 318 g/mol. The first-order chi connectivity index (χ1) is 12.1. The van der Waals surface area contributed by atoms with Gasteiger partial charge >= 0.3 is 6.03 Å². The number of urea groups is 1. The number of likely N-dealkylation sites (tertiary alicyclic amines) is 1. The lowest BCUT2D eigenvalue weighted by Gasteiger charge is -2.23. The van der Waals surface area contributed by atoms with Crippen molar-refractivity contribution >= 4 is 17.6 Å². The number of carbonyl (C=O) groups excluding carboxylic acids is 2. The Bertz CT molecular complexity index is 736. The van der Waals surface area contributed by atoms with E-state index in [1.54, 1.807) is 48.5 Å². The lowest BCUT2D eigenvalue weighted by molar-refractivity contribution is 0.0793. The summed E-state index contributed by atoms with van der Waals surface area (Å²) in [6.07, 6.45) is 3.69. The molecule has 1 fully saturated rings. The number of furan rings is 1. The third-order valence-corrected chi connectivity index (χ3v) is 4.61. The fourth-order valence-corrected chi connectivity index (χ4v) is 2.94. The van der Waals surface area contributed by atoms with Gasteiger partial charge in [0.25, 0.3) is 5.91 Å². The Morgan fingerprint density at radius 1 is 1.20 bits per heavy atom. The second-order valence-electron chi connectivity index (χ2n) is 6.31. The summed E-state index contributed by atoms with van der Waals surface area (Å²) in [5.74, 6) is 0.738. The fraction of sp³-hybridized carbons (Fsp3) is 0.368. The van der Waals surface area contributed by atoms with Crippen LogP contribution in [0.15, 0.2) is 47.1 Å². The number of rotatable bonds is 4. The average Bonchev–Trinajstić information content (AvgIpc) is 3.33. The Kier molecular flexibility index (Phi) is 5.07. The minimum absolute atomic E-state index is 0.0194. The highest BCUT2D eigenvalue weighted by Gasteiger charge is 2.21. The van der Waals surface area contributed by atoms with Crippen LogP contribution in [0.1, 0.15) is 41.9 Å². The minimum atomic E-state index is -0.255. The number of nitrogens with one attached hydrogen (secondary N) is 1. The van der Waals surface area contributed by atoms with Gasteiger partial charge in [-0.05, 0) is 50.1 Å². The second-order valence-corrected chi connectivity index (χ2v) is 6.31. The molecule has 0 spiro atoms. The van der Waals surface area contributed by atoms with Gasteiger partial charge < -0.3 is 19.5 Å². The molecule has 1 aliphatic rings. The highest BCUT2D eigenvalue weighted by atomic mass is 16.3. The standard InChI is InChI=1S/C19H23N3O3/c1-14(17-9-6-12-25-17)21(2)19(24)20-16-8-5-7-15(13-16)18(23)22-10-3-4-11-22/h5-9,12-14H,3-4,10-11H2,1-2H3,(H,20,24). The van der Waals surface area contributed by atoms with Crippen LogP contribution in [0.4, 0.5) is 10.5 Å². The molecule has 2 aromatic rings.